The fraction of sp³-hybridized carbons (Fsp3) is 0.333. The molecule has 0 bridgehead atoms. The molecular weight excluding hydrogens is 322 g/mol. The van der Waals surface area contributed by atoms with Crippen LogP contribution >= 0.6 is 11.3 Å². The van der Waals surface area contributed by atoms with Gasteiger partial charge in [-0.1, -0.05) is 24.3 Å². The van der Waals surface area contributed by atoms with Gasteiger partial charge in [-0.05, 0) is 17.5 Å². The van der Waals surface area contributed by atoms with E-state index in [9.17, 15) is 18.6 Å². The van der Waals surface area contributed by atoms with Crippen molar-refractivity contribution < 1.29 is 18.6 Å². The Balaban J connectivity index is 2.08. The van der Waals surface area contributed by atoms with E-state index in [1.54, 1.807) is 18.2 Å². The van der Waals surface area contributed by atoms with E-state index in [4.69, 9.17) is 0 Å². The lowest BCUT2D eigenvalue weighted by atomic mass is 9.98. The first-order valence-electron chi connectivity index (χ1n) is 6.98. The lowest BCUT2D eigenvalue weighted by Gasteiger charge is -2.38. The van der Waals surface area contributed by atoms with E-state index in [1.165, 1.54) is 21.7 Å². The van der Waals surface area contributed by atoms with Crippen LogP contribution in [0.1, 0.15) is 16.5 Å². The van der Waals surface area contributed by atoms with Gasteiger partial charge in [-0.25, -0.2) is 8.42 Å². The molecule has 0 radical (unpaired) electrons. The van der Waals surface area contributed by atoms with E-state index in [2.05, 4.69) is 0 Å². The monoisotopic (exact) mass is 339 g/mol. The second-order valence-corrected chi connectivity index (χ2v) is 8.06. The summed E-state index contributed by atoms with van der Waals surface area (Å²) in [6.07, 6.45) is -0.486. The van der Waals surface area contributed by atoms with Crippen LogP contribution in [-0.2, 0) is 16.4 Å². The van der Waals surface area contributed by atoms with Gasteiger partial charge in [-0.2, -0.15) is 4.31 Å². The molecule has 118 valence electrons. The van der Waals surface area contributed by atoms with E-state index >= 15 is 0 Å². The summed E-state index contributed by atoms with van der Waals surface area (Å²) in [5, 5.41) is 21.8. The molecule has 5 nitrogen and oxygen atoms in total. The van der Waals surface area contributed by atoms with Crippen LogP contribution in [0.15, 0.2) is 46.7 Å². The van der Waals surface area contributed by atoms with Crippen molar-refractivity contribution in [1.29, 1.82) is 0 Å². The van der Waals surface area contributed by atoms with E-state index in [1.807, 2.05) is 17.5 Å². The molecule has 1 aromatic heterocycles. The zero-order valence-electron chi connectivity index (χ0n) is 11.8. The maximum Gasteiger partial charge on any atom is 0.243 e. The van der Waals surface area contributed by atoms with E-state index in [-0.39, 0.29) is 18.0 Å². The van der Waals surface area contributed by atoms with Crippen LogP contribution in [0, 0.1) is 0 Å². The summed E-state index contributed by atoms with van der Waals surface area (Å²) in [6.45, 7) is -0.307. The summed E-state index contributed by atoms with van der Waals surface area (Å²) in [5.74, 6) is 0. The summed E-state index contributed by atoms with van der Waals surface area (Å²) in [5.41, 5.74) is 0.429. The molecule has 0 spiro atoms. The van der Waals surface area contributed by atoms with Gasteiger partial charge in [-0.3, -0.25) is 0 Å². The predicted molar refractivity (Wildman–Crippen MR) is 84.2 cm³/mol. The minimum atomic E-state index is -3.71. The molecule has 2 atom stereocenters. The molecular formula is C15H17NO4S2. The number of benzene rings is 1. The van der Waals surface area contributed by atoms with Crippen LogP contribution in [0.25, 0.3) is 0 Å². The van der Waals surface area contributed by atoms with Crippen LogP contribution in [0.2, 0.25) is 0 Å². The number of aliphatic hydroxyl groups is 2. The molecule has 7 heteroatoms. The minimum Gasteiger partial charge on any atom is -0.395 e. The van der Waals surface area contributed by atoms with Gasteiger partial charge in [-0.15, -0.1) is 11.3 Å². The molecule has 0 amide bonds. The van der Waals surface area contributed by atoms with Crippen molar-refractivity contribution in [3.63, 3.8) is 0 Å². The predicted octanol–water partition coefficient (Wildman–Crippen LogP) is 1.39. The number of hydrogen-bond acceptors (Lipinski definition) is 5. The first kappa shape index (κ1) is 15.6. The molecule has 2 N–H and O–H groups in total. The Kier molecular flexibility index (Phi) is 4.33. The molecule has 0 aliphatic carbocycles. The lowest BCUT2D eigenvalue weighted by molar-refractivity contribution is 0.0729. The topological polar surface area (TPSA) is 77.8 Å². The van der Waals surface area contributed by atoms with Gasteiger partial charge in [0.05, 0.1) is 23.6 Å². The molecule has 0 saturated carbocycles. The van der Waals surface area contributed by atoms with Crippen molar-refractivity contribution in [3.8, 4) is 0 Å². The highest BCUT2D eigenvalue weighted by molar-refractivity contribution is 7.89. The standard InChI is InChI=1S/C15H17NO4S2/c17-8-7-16-13(10-11-4-3-9-21-11)15(18)12-5-1-2-6-14(12)22(16,19)20/h1-6,9,13,15,17-18H,7-8,10H2/t13-,15-/m0/s1. The summed E-state index contributed by atoms with van der Waals surface area (Å²) in [7, 11) is -3.71. The molecule has 0 fully saturated rings. The van der Waals surface area contributed by atoms with E-state index in [0.29, 0.717) is 12.0 Å². The zero-order valence-corrected chi connectivity index (χ0v) is 13.4. The Bertz CT molecular complexity index is 743. The summed E-state index contributed by atoms with van der Waals surface area (Å²) in [6, 6.07) is 9.72. The number of nitrogens with zero attached hydrogens (tertiary/aromatic N) is 1. The quantitative estimate of drug-likeness (QED) is 0.882. The van der Waals surface area contributed by atoms with Crippen molar-refractivity contribution in [2.75, 3.05) is 13.2 Å². The first-order chi connectivity index (χ1) is 10.6. The number of fused-ring (bicyclic) bond motifs is 1. The summed E-state index contributed by atoms with van der Waals surface area (Å²) >= 11 is 1.53. The molecule has 3 rings (SSSR count). The van der Waals surface area contributed by atoms with Crippen LogP contribution < -0.4 is 0 Å². The number of β-amino-alcohol motifs (C(OH)–C–C–N with tert-alkyl or cyclic N) is 1. The van der Waals surface area contributed by atoms with Gasteiger partial charge in [0.1, 0.15) is 0 Å². The minimum absolute atomic E-state index is 0.0240. The third-order valence-electron chi connectivity index (χ3n) is 3.87. The Morgan fingerprint density at radius 2 is 1.95 bits per heavy atom. The van der Waals surface area contributed by atoms with Crippen molar-refractivity contribution in [2.24, 2.45) is 0 Å². The summed E-state index contributed by atoms with van der Waals surface area (Å²) < 4.78 is 26.8. The van der Waals surface area contributed by atoms with Gasteiger partial charge < -0.3 is 10.2 Å². The number of thiophene rings is 1. The Morgan fingerprint density at radius 1 is 1.18 bits per heavy atom. The number of aliphatic hydroxyl groups excluding tert-OH is 2. The maximum atomic E-state index is 12.8. The highest BCUT2D eigenvalue weighted by atomic mass is 32.2. The fourth-order valence-corrected chi connectivity index (χ4v) is 5.48. The number of hydrogen-bond donors (Lipinski definition) is 2. The second kappa shape index (κ2) is 6.10. The summed E-state index contributed by atoms with van der Waals surface area (Å²) in [4.78, 5) is 1.12. The molecule has 2 aromatic rings. The lowest BCUT2D eigenvalue weighted by Crippen LogP contribution is -2.49. The molecule has 0 saturated heterocycles. The number of sulfonamides is 1. The normalized spacial score (nSPS) is 24.1. The molecule has 22 heavy (non-hydrogen) atoms. The van der Waals surface area contributed by atoms with Crippen LogP contribution in [0.5, 0.6) is 0 Å². The molecule has 1 aliphatic rings. The highest BCUT2D eigenvalue weighted by Gasteiger charge is 2.43. The smallest absolute Gasteiger partial charge is 0.243 e. The van der Waals surface area contributed by atoms with Crippen molar-refractivity contribution in [2.45, 2.75) is 23.5 Å². The van der Waals surface area contributed by atoms with Crippen molar-refractivity contribution in [1.82, 2.24) is 4.31 Å². The molecule has 1 aromatic carbocycles. The van der Waals surface area contributed by atoms with E-state index in [0.717, 1.165) is 4.88 Å². The van der Waals surface area contributed by atoms with Gasteiger partial charge in [0.15, 0.2) is 0 Å². The van der Waals surface area contributed by atoms with Gasteiger partial charge in [0, 0.05) is 23.4 Å². The number of rotatable bonds is 4. The van der Waals surface area contributed by atoms with Crippen molar-refractivity contribution >= 4 is 21.4 Å². The van der Waals surface area contributed by atoms with Crippen molar-refractivity contribution in [3.05, 3.63) is 52.2 Å². The molecule has 2 heterocycles. The Labute approximate surface area is 133 Å². The van der Waals surface area contributed by atoms with E-state index < -0.39 is 22.2 Å². The average molecular weight is 339 g/mol. The van der Waals surface area contributed by atoms with Gasteiger partial charge in [0.25, 0.3) is 0 Å². The maximum absolute atomic E-state index is 12.8. The first-order valence-corrected chi connectivity index (χ1v) is 9.29. The largest absolute Gasteiger partial charge is 0.395 e. The molecule has 0 unspecified atom stereocenters. The third-order valence-corrected chi connectivity index (χ3v) is 6.77. The van der Waals surface area contributed by atoms with Crippen LogP contribution in [0.3, 0.4) is 0 Å². The molecule has 1 aliphatic heterocycles. The van der Waals surface area contributed by atoms with Gasteiger partial charge in [0.2, 0.25) is 10.0 Å². The van der Waals surface area contributed by atoms with Gasteiger partial charge >= 0.3 is 0 Å². The second-order valence-electron chi connectivity index (χ2n) is 5.17. The third kappa shape index (κ3) is 2.59. The average Bonchev–Trinajstić information content (AvgIpc) is 3.02. The zero-order chi connectivity index (χ0) is 15.7. The highest BCUT2D eigenvalue weighted by Crippen LogP contribution is 2.38. The Morgan fingerprint density at radius 3 is 2.64 bits per heavy atom. The fourth-order valence-electron chi connectivity index (χ4n) is 2.86. The van der Waals surface area contributed by atoms with Crippen LogP contribution in [0.4, 0.5) is 0 Å². The van der Waals surface area contributed by atoms with Crippen LogP contribution in [-0.4, -0.2) is 42.1 Å². The Hall–Kier alpha value is -1.25. The SMILES string of the molecule is O=S1(=O)c2ccccc2[C@H](O)[C@H](Cc2cccs2)N1CCO.